The third-order valence-corrected chi connectivity index (χ3v) is 6.09. The Morgan fingerprint density at radius 1 is 0.917 bits per heavy atom. The molecule has 3 aromatic carbocycles. The molecule has 0 spiro atoms. The van der Waals surface area contributed by atoms with E-state index >= 15 is 0 Å². The summed E-state index contributed by atoms with van der Waals surface area (Å²) in [4.78, 5) is 28.5. The average Bonchev–Trinajstić information content (AvgIpc) is 2.90. The highest BCUT2D eigenvalue weighted by atomic mass is 16.5. The van der Waals surface area contributed by atoms with E-state index in [1.807, 2.05) is 92.7 Å². The Bertz CT molecular complexity index is 1100. The summed E-state index contributed by atoms with van der Waals surface area (Å²) in [7, 11) is 1.62. The predicted molar refractivity (Wildman–Crippen MR) is 142 cm³/mol. The summed E-state index contributed by atoms with van der Waals surface area (Å²) in [6.45, 7) is 5.20. The highest BCUT2D eigenvalue weighted by Crippen LogP contribution is 2.20. The molecule has 6 nitrogen and oxygen atoms in total. The van der Waals surface area contributed by atoms with Gasteiger partial charge in [0.25, 0.3) is 0 Å². The quantitative estimate of drug-likeness (QED) is 0.346. The van der Waals surface area contributed by atoms with E-state index in [2.05, 4.69) is 5.32 Å². The van der Waals surface area contributed by atoms with Crippen LogP contribution in [-0.2, 0) is 22.6 Å². The number of hydrogen-bond acceptors (Lipinski definition) is 4. The number of nitrogens with zero attached hydrogens (tertiary/aromatic N) is 1. The maximum absolute atomic E-state index is 13.6. The molecular formula is C30H36N2O4. The van der Waals surface area contributed by atoms with Gasteiger partial charge in [-0.25, -0.2) is 0 Å². The SMILES string of the molecule is CCNC(=O)[C@@H](Cc1ccccc1)N(Cc1ccccc1C)C(=O)CCCOc1ccc(OC)cc1. The maximum atomic E-state index is 13.6. The molecular weight excluding hydrogens is 452 g/mol. The first kappa shape index (κ1) is 26.8. The van der Waals surface area contributed by atoms with Crippen LogP contribution < -0.4 is 14.8 Å². The second kappa shape index (κ2) is 13.9. The van der Waals surface area contributed by atoms with Crippen molar-refractivity contribution >= 4 is 11.8 Å². The second-order valence-corrected chi connectivity index (χ2v) is 8.68. The van der Waals surface area contributed by atoms with Gasteiger partial charge in [-0.3, -0.25) is 9.59 Å². The highest BCUT2D eigenvalue weighted by Gasteiger charge is 2.30. The van der Waals surface area contributed by atoms with E-state index in [1.165, 1.54) is 0 Å². The third-order valence-electron chi connectivity index (χ3n) is 6.09. The zero-order valence-electron chi connectivity index (χ0n) is 21.4. The normalized spacial score (nSPS) is 11.4. The van der Waals surface area contributed by atoms with E-state index in [-0.39, 0.29) is 18.2 Å². The summed E-state index contributed by atoms with van der Waals surface area (Å²) in [5.41, 5.74) is 3.13. The van der Waals surface area contributed by atoms with Crippen molar-refractivity contribution in [1.82, 2.24) is 10.2 Å². The van der Waals surface area contributed by atoms with Gasteiger partial charge in [0.2, 0.25) is 11.8 Å². The van der Waals surface area contributed by atoms with Crippen molar-refractivity contribution in [3.63, 3.8) is 0 Å². The molecule has 0 saturated heterocycles. The van der Waals surface area contributed by atoms with Crippen LogP contribution in [0.2, 0.25) is 0 Å². The number of methoxy groups -OCH3 is 1. The van der Waals surface area contributed by atoms with Gasteiger partial charge in [0.15, 0.2) is 0 Å². The Labute approximate surface area is 214 Å². The first-order valence-corrected chi connectivity index (χ1v) is 12.4. The number of carbonyl (C=O) groups excluding carboxylic acids is 2. The number of rotatable bonds is 13. The van der Waals surface area contributed by atoms with Crippen LogP contribution in [0.15, 0.2) is 78.9 Å². The zero-order valence-corrected chi connectivity index (χ0v) is 21.4. The molecule has 1 N–H and O–H groups in total. The van der Waals surface area contributed by atoms with E-state index in [1.54, 1.807) is 12.0 Å². The van der Waals surface area contributed by atoms with Gasteiger partial charge < -0.3 is 19.7 Å². The third kappa shape index (κ3) is 7.87. The molecule has 1 atom stereocenters. The molecule has 0 bridgehead atoms. The number of carbonyl (C=O) groups is 2. The molecule has 0 aliphatic carbocycles. The summed E-state index contributed by atoms with van der Waals surface area (Å²) in [6, 6.07) is 24.6. The minimum atomic E-state index is -0.609. The van der Waals surface area contributed by atoms with Gasteiger partial charge in [-0.15, -0.1) is 0 Å². The van der Waals surface area contributed by atoms with Gasteiger partial charge in [0.05, 0.1) is 13.7 Å². The standard InChI is InChI=1S/C30H36N2O4/c1-4-31-30(34)28(21-24-12-6-5-7-13-24)32(22-25-14-9-8-11-23(25)2)29(33)15-10-20-36-27-18-16-26(35-3)17-19-27/h5-9,11-14,16-19,28H,4,10,15,20-22H2,1-3H3,(H,31,34)/t28-/m1/s1. The number of aryl methyl sites for hydroxylation is 1. The smallest absolute Gasteiger partial charge is 0.243 e. The molecule has 0 heterocycles. The van der Waals surface area contributed by atoms with Gasteiger partial charge >= 0.3 is 0 Å². The first-order valence-electron chi connectivity index (χ1n) is 12.4. The molecule has 0 radical (unpaired) electrons. The summed E-state index contributed by atoms with van der Waals surface area (Å²) in [5, 5.41) is 2.93. The fourth-order valence-electron chi connectivity index (χ4n) is 4.05. The molecule has 36 heavy (non-hydrogen) atoms. The Hall–Kier alpha value is -3.80. The van der Waals surface area contributed by atoms with Gasteiger partial charge in [0.1, 0.15) is 17.5 Å². The van der Waals surface area contributed by atoms with Gasteiger partial charge in [0, 0.05) is 25.9 Å². The largest absolute Gasteiger partial charge is 0.497 e. The van der Waals surface area contributed by atoms with Crippen LogP contribution in [-0.4, -0.2) is 43.0 Å². The van der Waals surface area contributed by atoms with E-state index < -0.39 is 6.04 Å². The number of nitrogens with one attached hydrogen (secondary N) is 1. The summed E-state index contributed by atoms with van der Waals surface area (Å²) >= 11 is 0. The van der Waals surface area contributed by atoms with Crippen molar-refractivity contribution in [2.45, 2.75) is 45.7 Å². The minimum Gasteiger partial charge on any atom is -0.497 e. The molecule has 0 saturated carbocycles. The number of amides is 2. The molecule has 190 valence electrons. The molecule has 0 aromatic heterocycles. The Kier molecular flexibility index (Phi) is 10.4. The van der Waals surface area contributed by atoms with Crippen LogP contribution in [0.1, 0.15) is 36.5 Å². The predicted octanol–water partition coefficient (Wildman–Crippen LogP) is 4.94. The van der Waals surface area contributed by atoms with Crippen molar-refractivity contribution in [3.8, 4) is 11.5 Å². The van der Waals surface area contributed by atoms with Crippen molar-refractivity contribution in [2.24, 2.45) is 0 Å². The average molecular weight is 489 g/mol. The number of hydrogen-bond donors (Lipinski definition) is 1. The summed E-state index contributed by atoms with van der Waals surface area (Å²) in [6.07, 6.45) is 1.28. The van der Waals surface area contributed by atoms with E-state index in [4.69, 9.17) is 9.47 Å². The molecule has 0 aliphatic rings. The Morgan fingerprint density at radius 3 is 2.25 bits per heavy atom. The van der Waals surface area contributed by atoms with Crippen LogP contribution in [0.3, 0.4) is 0 Å². The fraction of sp³-hybridized carbons (Fsp3) is 0.333. The fourth-order valence-corrected chi connectivity index (χ4v) is 4.05. The number of benzene rings is 3. The first-order chi connectivity index (χ1) is 17.5. The van der Waals surface area contributed by atoms with Crippen molar-refractivity contribution in [3.05, 3.63) is 95.6 Å². The van der Waals surface area contributed by atoms with Crippen LogP contribution in [0.4, 0.5) is 0 Å². The van der Waals surface area contributed by atoms with Gasteiger partial charge in [-0.1, -0.05) is 54.6 Å². The minimum absolute atomic E-state index is 0.0660. The second-order valence-electron chi connectivity index (χ2n) is 8.68. The molecule has 2 amide bonds. The van der Waals surface area contributed by atoms with Crippen LogP contribution in [0.5, 0.6) is 11.5 Å². The van der Waals surface area contributed by atoms with Gasteiger partial charge in [-0.05, 0) is 61.2 Å². The van der Waals surface area contributed by atoms with E-state index in [9.17, 15) is 9.59 Å². The highest BCUT2D eigenvalue weighted by molar-refractivity contribution is 5.88. The van der Waals surface area contributed by atoms with Crippen molar-refractivity contribution in [2.75, 3.05) is 20.3 Å². The van der Waals surface area contributed by atoms with Gasteiger partial charge in [-0.2, -0.15) is 0 Å². The lowest BCUT2D eigenvalue weighted by Gasteiger charge is -2.32. The maximum Gasteiger partial charge on any atom is 0.243 e. The lowest BCUT2D eigenvalue weighted by Crippen LogP contribution is -2.50. The van der Waals surface area contributed by atoms with Crippen molar-refractivity contribution in [1.29, 1.82) is 0 Å². The lowest BCUT2D eigenvalue weighted by molar-refractivity contribution is -0.141. The Morgan fingerprint density at radius 2 is 1.58 bits per heavy atom. The van der Waals surface area contributed by atoms with E-state index in [0.717, 1.165) is 28.2 Å². The molecule has 0 unspecified atom stereocenters. The molecule has 3 aromatic rings. The van der Waals surface area contributed by atoms with E-state index in [0.29, 0.717) is 32.5 Å². The van der Waals surface area contributed by atoms with Crippen molar-refractivity contribution < 1.29 is 19.1 Å². The Balaban J connectivity index is 1.75. The lowest BCUT2D eigenvalue weighted by atomic mass is 10.0. The summed E-state index contributed by atoms with van der Waals surface area (Å²) in [5.74, 6) is 1.28. The van der Waals surface area contributed by atoms with Crippen LogP contribution >= 0.6 is 0 Å². The molecule has 3 rings (SSSR count). The monoisotopic (exact) mass is 488 g/mol. The molecule has 0 aliphatic heterocycles. The topological polar surface area (TPSA) is 67.9 Å². The number of ether oxygens (including phenoxy) is 2. The van der Waals surface area contributed by atoms with Crippen LogP contribution in [0.25, 0.3) is 0 Å². The number of likely N-dealkylation sites (N-methyl/N-ethyl adjacent to an activating group) is 1. The molecule has 6 heteroatoms. The van der Waals surface area contributed by atoms with Crippen LogP contribution in [0, 0.1) is 6.92 Å². The zero-order chi connectivity index (χ0) is 25.8. The summed E-state index contributed by atoms with van der Waals surface area (Å²) < 4.78 is 11.0. The molecule has 0 fully saturated rings.